The zero-order valence-electron chi connectivity index (χ0n) is 12.0. The van der Waals surface area contributed by atoms with Crippen molar-refractivity contribution in [2.24, 2.45) is 4.99 Å². The predicted octanol–water partition coefficient (Wildman–Crippen LogP) is 4.51. The van der Waals surface area contributed by atoms with Crippen LogP contribution >= 0.6 is 0 Å². The van der Waals surface area contributed by atoms with Gasteiger partial charge in [0.2, 0.25) is 0 Å². The van der Waals surface area contributed by atoms with Gasteiger partial charge in [-0.2, -0.15) is 13.2 Å². The molecule has 1 aliphatic heterocycles. The molecule has 5 heteroatoms. The third-order valence-corrected chi connectivity index (χ3v) is 3.59. The number of aliphatic imine (C=N–C) groups is 1. The van der Waals surface area contributed by atoms with Crippen LogP contribution in [-0.4, -0.2) is 11.5 Å². The molecule has 0 aliphatic carbocycles. The molecule has 2 aromatic rings. The fourth-order valence-corrected chi connectivity index (χ4v) is 2.41. The second-order valence-corrected chi connectivity index (χ2v) is 5.16. The first-order valence-electron chi connectivity index (χ1n) is 6.98. The van der Waals surface area contributed by atoms with Gasteiger partial charge in [-0.1, -0.05) is 42.5 Å². The molecule has 0 spiro atoms. The average molecular weight is 315 g/mol. The first kappa shape index (κ1) is 15.2. The first-order valence-corrected chi connectivity index (χ1v) is 6.98. The van der Waals surface area contributed by atoms with E-state index in [1.165, 1.54) is 18.3 Å². The summed E-state index contributed by atoms with van der Waals surface area (Å²) in [6.07, 6.45) is -3.01. The van der Waals surface area contributed by atoms with Crippen LogP contribution in [0.15, 0.2) is 65.8 Å². The van der Waals surface area contributed by atoms with Crippen molar-refractivity contribution in [1.29, 1.82) is 0 Å². The van der Waals surface area contributed by atoms with Gasteiger partial charge in [0, 0.05) is 11.8 Å². The molecule has 3 rings (SSSR count). The van der Waals surface area contributed by atoms with Crippen molar-refractivity contribution in [3.8, 4) is 0 Å². The quantitative estimate of drug-likeness (QED) is 0.802. The minimum Gasteiger partial charge on any atom is -0.294 e. The Morgan fingerprint density at radius 2 is 1.61 bits per heavy atom. The van der Waals surface area contributed by atoms with Crippen molar-refractivity contribution in [1.82, 2.24) is 0 Å². The van der Waals surface area contributed by atoms with Gasteiger partial charge in [-0.15, -0.1) is 0 Å². The van der Waals surface area contributed by atoms with Crippen LogP contribution < -0.4 is 0 Å². The number of halogens is 3. The summed E-state index contributed by atoms with van der Waals surface area (Å²) in [7, 11) is 0. The van der Waals surface area contributed by atoms with Crippen molar-refractivity contribution >= 4 is 17.1 Å². The smallest absolute Gasteiger partial charge is 0.294 e. The average Bonchev–Trinajstić information content (AvgIpc) is 2.55. The number of nitrogens with zero attached hydrogens (tertiary/aromatic N) is 1. The van der Waals surface area contributed by atoms with Gasteiger partial charge in [0.15, 0.2) is 5.78 Å². The van der Waals surface area contributed by atoms with Gasteiger partial charge in [-0.3, -0.25) is 9.79 Å². The largest absolute Gasteiger partial charge is 0.416 e. The molecular weight excluding hydrogens is 303 g/mol. The van der Waals surface area contributed by atoms with Gasteiger partial charge in [0.05, 0.1) is 17.7 Å². The topological polar surface area (TPSA) is 29.4 Å². The highest BCUT2D eigenvalue weighted by atomic mass is 19.4. The molecule has 0 aromatic heterocycles. The van der Waals surface area contributed by atoms with Gasteiger partial charge in [-0.05, 0) is 23.3 Å². The first-order chi connectivity index (χ1) is 10.9. The fourth-order valence-electron chi connectivity index (χ4n) is 2.41. The summed E-state index contributed by atoms with van der Waals surface area (Å²) in [5.74, 6) is -0.238. The van der Waals surface area contributed by atoms with Gasteiger partial charge in [0.25, 0.3) is 0 Å². The number of hydrogen-bond acceptors (Lipinski definition) is 2. The van der Waals surface area contributed by atoms with Crippen LogP contribution in [0.4, 0.5) is 13.2 Å². The van der Waals surface area contributed by atoms with Gasteiger partial charge < -0.3 is 0 Å². The van der Waals surface area contributed by atoms with Crippen molar-refractivity contribution < 1.29 is 18.0 Å². The molecule has 2 aromatic carbocycles. The molecule has 2 nitrogen and oxygen atoms in total. The van der Waals surface area contributed by atoms with E-state index in [2.05, 4.69) is 4.99 Å². The summed E-state index contributed by atoms with van der Waals surface area (Å²) >= 11 is 0. The molecule has 1 aliphatic rings. The summed E-state index contributed by atoms with van der Waals surface area (Å²) in [5.41, 5.74) is 1.12. The molecule has 0 amide bonds. The maximum absolute atomic E-state index is 12.8. The number of Topliss-reactive ketones (excluding diaryl/α,β-unsaturated/α-hetero) is 1. The van der Waals surface area contributed by atoms with E-state index in [1.807, 2.05) is 30.3 Å². The SMILES string of the molecule is O=C1CC(c2ccccc2)=NC=C1c1cccc(C(F)(F)F)c1. The van der Waals surface area contributed by atoms with Gasteiger partial charge in [0.1, 0.15) is 0 Å². The molecular formula is C18H12F3NO. The lowest BCUT2D eigenvalue weighted by molar-refractivity contribution is -0.137. The Morgan fingerprint density at radius 1 is 0.913 bits per heavy atom. The summed E-state index contributed by atoms with van der Waals surface area (Å²) in [4.78, 5) is 16.6. The highest BCUT2D eigenvalue weighted by molar-refractivity contribution is 6.30. The van der Waals surface area contributed by atoms with Crippen LogP contribution in [0.2, 0.25) is 0 Å². The normalized spacial score (nSPS) is 15.2. The van der Waals surface area contributed by atoms with E-state index in [-0.39, 0.29) is 23.3 Å². The van der Waals surface area contributed by atoms with E-state index < -0.39 is 11.7 Å². The lowest BCUT2D eigenvalue weighted by Gasteiger charge is -2.14. The minimum absolute atomic E-state index is 0.0755. The molecule has 0 N–H and O–H groups in total. The van der Waals surface area contributed by atoms with E-state index in [9.17, 15) is 18.0 Å². The second kappa shape index (κ2) is 5.83. The molecule has 0 unspecified atom stereocenters. The lowest BCUT2D eigenvalue weighted by Crippen LogP contribution is -2.15. The number of rotatable bonds is 2. The Balaban J connectivity index is 1.97. The molecule has 116 valence electrons. The van der Waals surface area contributed by atoms with Crippen molar-refractivity contribution in [2.45, 2.75) is 12.6 Å². The Hall–Kier alpha value is -2.69. The standard InChI is InChI=1S/C18H12F3NO/c19-18(20,21)14-8-4-7-13(9-14)15-11-22-16(10-17(15)23)12-5-2-1-3-6-12/h1-9,11H,10H2. The number of ketones is 1. The number of alkyl halides is 3. The van der Waals surface area contributed by atoms with Crippen LogP contribution in [0.5, 0.6) is 0 Å². The minimum atomic E-state index is -4.44. The Bertz CT molecular complexity index is 805. The van der Waals surface area contributed by atoms with Crippen LogP contribution in [0.25, 0.3) is 5.57 Å². The van der Waals surface area contributed by atoms with Crippen molar-refractivity contribution in [3.05, 3.63) is 77.5 Å². The highest BCUT2D eigenvalue weighted by Crippen LogP contribution is 2.32. The van der Waals surface area contributed by atoms with Crippen molar-refractivity contribution in [2.75, 3.05) is 0 Å². The molecule has 23 heavy (non-hydrogen) atoms. The third kappa shape index (κ3) is 3.23. The Kier molecular flexibility index (Phi) is 3.86. The van der Waals surface area contributed by atoms with E-state index in [4.69, 9.17) is 0 Å². The van der Waals surface area contributed by atoms with E-state index in [1.54, 1.807) is 0 Å². The highest BCUT2D eigenvalue weighted by Gasteiger charge is 2.31. The molecule has 0 saturated heterocycles. The predicted molar refractivity (Wildman–Crippen MR) is 82.0 cm³/mol. The van der Waals surface area contributed by atoms with Crippen LogP contribution in [0, 0.1) is 0 Å². The second-order valence-electron chi connectivity index (χ2n) is 5.16. The maximum atomic E-state index is 12.8. The zero-order chi connectivity index (χ0) is 16.4. The van der Waals surface area contributed by atoms with Crippen molar-refractivity contribution in [3.63, 3.8) is 0 Å². The number of benzene rings is 2. The molecule has 0 atom stereocenters. The molecule has 0 radical (unpaired) electrons. The molecule has 1 heterocycles. The Labute approximate surface area is 131 Å². The van der Waals surface area contributed by atoms with E-state index in [0.717, 1.165) is 17.7 Å². The van der Waals surface area contributed by atoms with Crippen LogP contribution in [0.1, 0.15) is 23.1 Å². The van der Waals surface area contributed by atoms with Crippen LogP contribution in [-0.2, 0) is 11.0 Å². The van der Waals surface area contributed by atoms with E-state index >= 15 is 0 Å². The maximum Gasteiger partial charge on any atom is 0.416 e. The fraction of sp³-hybridized carbons (Fsp3) is 0.111. The lowest BCUT2D eigenvalue weighted by atomic mass is 9.93. The number of carbonyl (C=O) groups excluding carboxylic acids is 1. The monoisotopic (exact) mass is 315 g/mol. The number of carbonyl (C=O) groups is 1. The molecule has 0 bridgehead atoms. The van der Waals surface area contributed by atoms with Gasteiger partial charge in [-0.25, -0.2) is 0 Å². The summed E-state index contributed by atoms with van der Waals surface area (Å²) in [6.45, 7) is 0. The number of hydrogen-bond donors (Lipinski definition) is 0. The summed E-state index contributed by atoms with van der Waals surface area (Å²) < 4.78 is 38.4. The molecule has 0 fully saturated rings. The van der Waals surface area contributed by atoms with Gasteiger partial charge >= 0.3 is 6.18 Å². The Morgan fingerprint density at radius 3 is 2.26 bits per heavy atom. The van der Waals surface area contributed by atoms with Crippen LogP contribution in [0.3, 0.4) is 0 Å². The summed E-state index contributed by atoms with van der Waals surface area (Å²) in [6, 6.07) is 14.0. The zero-order valence-corrected chi connectivity index (χ0v) is 12.0. The van der Waals surface area contributed by atoms with E-state index in [0.29, 0.717) is 5.71 Å². The third-order valence-electron chi connectivity index (χ3n) is 3.59. The number of allylic oxidation sites excluding steroid dienone is 1. The molecule has 0 saturated carbocycles. The summed E-state index contributed by atoms with van der Waals surface area (Å²) in [5, 5.41) is 0.